The summed E-state index contributed by atoms with van der Waals surface area (Å²) in [7, 11) is 0. The quantitative estimate of drug-likeness (QED) is 0.242. The molecular formula is C23H20ClN5O3S. The zero-order chi connectivity index (χ0) is 23.4. The molecule has 2 heterocycles. The first kappa shape index (κ1) is 22.5. The molecule has 0 aliphatic heterocycles. The van der Waals surface area contributed by atoms with E-state index in [0.29, 0.717) is 33.9 Å². The molecule has 4 rings (SSSR count). The Morgan fingerprint density at radius 3 is 2.79 bits per heavy atom. The molecule has 0 unspecified atom stereocenters. The van der Waals surface area contributed by atoms with Gasteiger partial charge in [0.15, 0.2) is 5.69 Å². The van der Waals surface area contributed by atoms with E-state index < -0.39 is 0 Å². The number of hydrogen-bond acceptors (Lipinski definition) is 5. The number of para-hydroxylation sites is 1. The summed E-state index contributed by atoms with van der Waals surface area (Å²) in [6.07, 6.45) is 1.56. The smallest absolute Gasteiger partial charge is 0.244 e. The van der Waals surface area contributed by atoms with Crippen LogP contribution in [-0.2, 0) is 17.9 Å². The van der Waals surface area contributed by atoms with Crippen LogP contribution in [0.15, 0.2) is 75.5 Å². The first-order valence-corrected chi connectivity index (χ1v) is 10.8. The summed E-state index contributed by atoms with van der Waals surface area (Å²) in [5, 5.41) is 25.9. The second kappa shape index (κ2) is 9.85. The van der Waals surface area contributed by atoms with Gasteiger partial charge >= 0.3 is 0 Å². The molecule has 0 saturated carbocycles. The Hall–Kier alpha value is -3.69. The van der Waals surface area contributed by atoms with Gasteiger partial charge in [-0.15, -0.1) is 10.2 Å². The summed E-state index contributed by atoms with van der Waals surface area (Å²) in [4.78, 5) is 12.7. The molecular weight excluding hydrogens is 462 g/mol. The fourth-order valence-electron chi connectivity index (χ4n) is 3.31. The van der Waals surface area contributed by atoms with E-state index in [1.807, 2.05) is 31.2 Å². The summed E-state index contributed by atoms with van der Waals surface area (Å²) in [6.45, 7) is 2.12. The Morgan fingerprint density at radius 2 is 2.03 bits per heavy atom. The highest BCUT2D eigenvalue weighted by molar-refractivity contribution is 7.80. The monoisotopic (exact) mass is 481 g/mol. The van der Waals surface area contributed by atoms with Crippen LogP contribution in [-0.4, -0.2) is 20.7 Å². The maximum absolute atomic E-state index is 12.7. The van der Waals surface area contributed by atoms with Crippen molar-refractivity contribution in [2.24, 2.45) is 10.2 Å². The van der Waals surface area contributed by atoms with E-state index >= 15 is 0 Å². The largest absolute Gasteiger partial charge is 0.493 e. The second-order valence-electron chi connectivity index (χ2n) is 7.22. The van der Waals surface area contributed by atoms with Gasteiger partial charge in [0.2, 0.25) is 16.9 Å². The molecule has 2 aromatic carbocycles. The fourth-order valence-corrected chi connectivity index (χ4v) is 3.59. The number of aryl methyl sites for hydroxylation is 1. The highest BCUT2D eigenvalue weighted by Crippen LogP contribution is 2.40. The van der Waals surface area contributed by atoms with E-state index in [-0.39, 0.29) is 29.1 Å². The average Bonchev–Trinajstić information content (AvgIpc) is 3.39. The van der Waals surface area contributed by atoms with Crippen molar-refractivity contribution < 1.29 is 14.3 Å². The van der Waals surface area contributed by atoms with Gasteiger partial charge in [0.05, 0.1) is 18.3 Å². The van der Waals surface area contributed by atoms with Crippen molar-refractivity contribution in [3.63, 3.8) is 0 Å². The van der Waals surface area contributed by atoms with Crippen LogP contribution in [0.1, 0.15) is 11.3 Å². The third kappa shape index (κ3) is 5.21. The van der Waals surface area contributed by atoms with E-state index in [4.69, 9.17) is 28.2 Å². The molecule has 0 fully saturated rings. The predicted molar refractivity (Wildman–Crippen MR) is 131 cm³/mol. The molecule has 2 aromatic heterocycles. The molecule has 3 N–H and O–H groups in total. The summed E-state index contributed by atoms with van der Waals surface area (Å²) >= 11 is 11.3. The van der Waals surface area contributed by atoms with Crippen molar-refractivity contribution in [3.8, 4) is 5.88 Å². The predicted octanol–water partition coefficient (Wildman–Crippen LogP) is 5.70. The number of benzene rings is 2. The van der Waals surface area contributed by atoms with Crippen LogP contribution in [0.2, 0.25) is 5.02 Å². The van der Waals surface area contributed by atoms with Crippen molar-refractivity contribution in [3.05, 3.63) is 77.2 Å². The standard InChI is InChI=1S/C23H20ClN5O3S/c1-14-5-2-3-7-18(14)26-20(30)13-29-19-9-8-15(24)11-17(19)21(22(29)31)27-28-23(33)25-12-16-6-4-10-32-16/h2-11,31H,12-13H2,1H3,(H,25,33)(H,26,30). The summed E-state index contributed by atoms with van der Waals surface area (Å²) in [5.74, 6) is 0.175. The molecule has 0 atom stereocenters. The lowest BCUT2D eigenvalue weighted by Gasteiger charge is -2.10. The Labute approximate surface area is 199 Å². The fraction of sp³-hybridized carbons (Fsp3) is 0.130. The SMILES string of the molecule is Cc1ccccc1NC(=O)Cn1c(O)c(N=NC(=S)NCc2ccco2)c2cc(Cl)ccc21. The highest BCUT2D eigenvalue weighted by atomic mass is 35.5. The van der Waals surface area contributed by atoms with Crippen LogP contribution in [0.5, 0.6) is 5.88 Å². The minimum absolute atomic E-state index is 0.117. The maximum atomic E-state index is 12.7. The molecule has 0 aliphatic rings. The van der Waals surface area contributed by atoms with Gasteiger partial charge in [-0.1, -0.05) is 29.8 Å². The van der Waals surface area contributed by atoms with Gasteiger partial charge in [-0.05, 0) is 61.1 Å². The minimum atomic E-state index is -0.300. The molecule has 8 nitrogen and oxygen atoms in total. The van der Waals surface area contributed by atoms with Crippen LogP contribution in [0.4, 0.5) is 11.4 Å². The van der Waals surface area contributed by atoms with Crippen molar-refractivity contribution in [2.75, 3.05) is 5.32 Å². The topological polar surface area (TPSA) is 104 Å². The van der Waals surface area contributed by atoms with Gasteiger partial charge in [-0.2, -0.15) is 0 Å². The number of hydrogen-bond donors (Lipinski definition) is 3. The number of amides is 1. The summed E-state index contributed by atoms with van der Waals surface area (Å²) in [5.41, 5.74) is 2.39. The number of azo groups is 1. The van der Waals surface area contributed by atoms with Gasteiger partial charge in [0.1, 0.15) is 12.3 Å². The molecule has 10 heteroatoms. The Kier molecular flexibility index (Phi) is 6.71. The summed E-state index contributed by atoms with van der Waals surface area (Å²) in [6, 6.07) is 16.1. The Bertz CT molecular complexity index is 1350. The van der Waals surface area contributed by atoms with Crippen LogP contribution in [0.3, 0.4) is 0 Å². The molecule has 0 saturated heterocycles. The first-order chi connectivity index (χ1) is 15.9. The van der Waals surface area contributed by atoms with Crippen molar-refractivity contribution in [1.29, 1.82) is 0 Å². The Balaban J connectivity index is 1.57. The normalized spacial score (nSPS) is 11.2. The average molecular weight is 482 g/mol. The number of thiocarbonyl (C=S) groups is 1. The van der Waals surface area contributed by atoms with Crippen molar-refractivity contribution >= 4 is 57.1 Å². The van der Waals surface area contributed by atoms with E-state index in [1.54, 1.807) is 36.6 Å². The maximum Gasteiger partial charge on any atom is 0.244 e. The number of nitrogens with one attached hydrogen (secondary N) is 2. The number of furan rings is 1. The lowest BCUT2D eigenvalue weighted by Crippen LogP contribution is -2.19. The number of nitrogens with zero attached hydrogens (tertiary/aromatic N) is 3. The van der Waals surface area contributed by atoms with E-state index in [9.17, 15) is 9.90 Å². The number of aromatic hydroxyl groups is 1. The van der Waals surface area contributed by atoms with Crippen LogP contribution < -0.4 is 10.6 Å². The molecule has 168 valence electrons. The molecule has 33 heavy (non-hydrogen) atoms. The number of halogens is 1. The van der Waals surface area contributed by atoms with Crippen LogP contribution in [0, 0.1) is 6.92 Å². The Morgan fingerprint density at radius 1 is 1.21 bits per heavy atom. The molecule has 0 spiro atoms. The van der Waals surface area contributed by atoms with Crippen LogP contribution >= 0.6 is 23.8 Å². The van der Waals surface area contributed by atoms with Gasteiger partial charge in [-0.3, -0.25) is 4.79 Å². The number of carbonyl (C=O) groups excluding carboxylic acids is 1. The van der Waals surface area contributed by atoms with E-state index in [2.05, 4.69) is 20.9 Å². The van der Waals surface area contributed by atoms with Crippen molar-refractivity contribution in [2.45, 2.75) is 20.0 Å². The third-order valence-corrected chi connectivity index (χ3v) is 5.39. The van der Waals surface area contributed by atoms with Gasteiger partial charge in [0, 0.05) is 16.1 Å². The number of rotatable bonds is 6. The summed E-state index contributed by atoms with van der Waals surface area (Å²) < 4.78 is 6.69. The van der Waals surface area contributed by atoms with E-state index in [1.165, 1.54) is 4.57 Å². The molecule has 0 bridgehead atoms. The van der Waals surface area contributed by atoms with Crippen LogP contribution in [0.25, 0.3) is 10.9 Å². The molecule has 1 amide bonds. The van der Waals surface area contributed by atoms with Gasteiger partial charge in [-0.25, -0.2) is 0 Å². The van der Waals surface area contributed by atoms with Gasteiger partial charge < -0.3 is 24.7 Å². The molecule has 0 aliphatic carbocycles. The molecule has 0 radical (unpaired) electrons. The molecule has 4 aromatic rings. The van der Waals surface area contributed by atoms with E-state index in [0.717, 1.165) is 5.56 Å². The van der Waals surface area contributed by atoms with Crippen molar-refractivity contribution in [1.82, 2.24) is 9.88 Å². The minimum Gasteiger partial charge on any atom is -0.493 e. The van der Waals surface area contributed by atoms with Gasteiger partial charge in [0.25, 0.3) is 0 Å². The first-order valence-electron chi connectivity index (χ1n) is 10.0. The number of fused-ring (bicyclic) bond motifs is 1. The lowest BCUT2D eigenvalue weighted by molar-refractivity contribution is -0.116. The zero-order valence-electron chi connectivity index (χ0n) is 17.6. The third-order valence-electron chi connectivity index (χ3n) is 4.93. The number of anilines is 1. The number of carbonyl (C=O) groups is 1. The number of aromatic nitrogens is 1. The lowest BCUT2D eigenvalue weighted by atomic mass is 10.2. The zero-order valence-corrected chi connectivity index (χ0v) is 19.2. The second-order valence-corrected chi connectivity index (χ2v) is 8.04. The highest BCUT2D eigenvalue weighted by Gasteiger charge is 2.19.